The van der Waals surface area contributed by atoms with Crippen LogP contribution in [0.25, 0.3) is 0 Å². The van der Waals surface area contributed by atoms with Gasteiger partial charge >= 0.3 is 6.03 Å². The number of hydrogen-bond acceptors (Lipinski definition) is 2. The first kappa shape index (κ1) is 13.7. The number of benzene rings is 1. The van der Waals surface area contributed by atoms with Gasteiger partial charge in [-0.15, -0.1) is 0 Å². The van der Waals surface area contributed by atoms with Gasteiger partial charge in [0, 0.05) is 7.05 Å². The molecule has 0 fully saturated rings. The summed E-state index contributed by atoms with van der Waals surface area (Å²) in [7, 11) is 1.53. The molecule has 94 valence electrons. The van der Waals surface area contributed by atoms with E-state index in [2.05, 4.69) is 5.32 Å². The van der Waals surface area contributed by atoms with Crippen LogP contribution >= 0.6 is 11.6 Å². The van der Waals surface area contributed by atoms with Crippen molar-refractivity contribution in [1.82, 2.24) is 4.90 Å². The molecule has 0 heterocycles. The predicted molar refractivity (Wildman–Crippen MR) is 64.7 cm³/mol. The average molecular weight is 261 g/mol. The second-order valence-electron chi connectivity index (χ2n) is 3.70. The highest BCUT2D eigenvalue weighted by atomic mass is 35.5. The van der Waals surface area contributed by atoms with E-state index in [1.807, 2.05) is 0 Å². The number of hydrogen-bond donors (Lipinski definition) is 2. The van der Waals surface area contributed by atoms with Crippen LogP contribution < -0.4 is 5.32 Å². The van der Waals surface area contributed by atoms with E-state index in [0.717, 1.165) is 6.07 Å². The summed E-state index contributed by atoms with van der Waals surface area (Å²) in [6.07, 6.45) is 0. The van der Waals surface area contributed by atoms with Gasteiger partial charge in [-0.3, -0.25) is 0 Å². The Kier molecular flexibility index (Phi) is 4.72. The van der Waals surface area contributed by atoms with Crippen LogP contribution in [-0.2, 0) is 0 Å². The second-order valence-corrected chi connectivity index (χ2v) is 4.10. The third kappa shape index (κ3) is 3.57. The summed E-state index contributed by atoms with van der Waals surface area (Å²) in [5.74, 6) is -0.484. The molecule has 1 aromatic carbocycles. The lowest BCUT2D eigenvalue weighted by molar-refractivity contribution is 0.166. The van der Waals surface area contributed by atoms with Gasteiger partial charge in [0.1, 0.15) is 5.82 Å². The topological polar surface area (TPSA) is 52.6 Å². The van der Waals surface area contributed by atoms with Crippen LogP contribution in [0.2, 0.25) is 5.02 Å². The fourth-order valence-corrected chi connectivity index (χ4v) is 1.28. The molecule has 0 aliphatic heterocycles. The van der Waals surface area contributed by atoms with Gasteiger partial charge in [-0.05, 0) is 25.1 Å². The molecular weight excluding hydrogens is 247 g/mol. The van der Waals surface area contributed by atoms with Crippen molar-refractivity contribution < 1.29 is 14.3 Å². The van der Waals surface area contributed by atoms with E-state index in [0.29, 0.717) is 0 Å². The van der Waals surface area contributed by atoms with Crippen LogP contribution in [-0.4, -0.2) is 35.7 Å². The summed E-state index contributed by atoms with van der Waals surface area (Å²) in [4.78, 5) is 13.0. The average Bonchev–Trinajstić information content (AvgIpc) is 2.31. The quantitative estimate of drug-likeness (QED) is 0.876. The van der Waals surface area contributed by atoms with Crippen LogP contribution in [0.4, 0.5) is 14.9 Å². The van der Waals surface area contributed by atoms with Crippen LogP contribution in [0.1, 0.15) is 6.92 Å². The molecule has 2 N–H and O–H groups in total. The Morgan fingerprint density at radius 3 is 2.88 bits per heavy atom. The van der Waals surface area contributed by atoms with Crippen molar-refractivity contribution in [2.24, 2.45) is 0 Å². The lowest BCUT2D eigenvalue weighted by Gasteiger charge is -2.23. The number of carbonyl (C=O) groups excluding carboxylic acids is 1. The molecule has 1 unspecified atom stereocenters. The van der Waals surface area contributed by atoms with Gasteiger partial charge in [0.2, 0.25) is 0 Å². The number of urea groups is 1. The number of halogens is 2. The van der Waals surface area contributed by atoms with Gasteiger partial charge in [-0.25, -0.2) is 9.18 Å². The summed E-state index contributed by atoms with van der Waals surface area (Å²) in [5.41, 5.74) is 0.202. The van der Waals surface area contributed by atoms with Gasteiger partial charge in [0.25, 0.3) is 0 Å². The number of rotatable bonds is 3. The molecule has 0 spiro atoms. The normalized spacial score (nSPS) is 12.1. The molecular formula is C11H14ClFN2O2. The lowest BCUT2D eigenvalue weighted by Crippen LogP contribution is -2.40. The largest absolute Gasteiger partial charge is 0.394 e. The predicted octanol–water partition coefficient (Wildman–Crippen LogP) is 2.32. The number of aliphatic hydroxyl groups excluding tert-OH is 1. The molecule has 0 radical (unpaired) electrons. The first-order valence-electron chi connectivity index (χ1n) is 5.05. The van der Waals surface area contributed by atoms with E-state index in [4.69, 9.17) is 16.7 Å². The van der Waals surface area contributed by atoms with E-state index in [9.17, 15) is 9.18 Å². The minimum Gasteiger partial charge on any atom is -0.394 e. The highest BCUT2D eigenvalue weighted by Crippen LogP contribution is 2.22. The molecule has 1 aromatic rings. The maximum absolute atomic E-state index is 13.0. The maximum atomic E-state index is 13.0. The summed E-state index contributed by atoms with van der Waals surface area (Å²) >= 11 is 5.81. The molecule has 4 nitrogen and oxygen atoms in total. The van der Waals surface area contributed by atoms with Gasteiger partial charge < -0.3 is 15.3 Å². The van der Waals surface area contributed by atoms with Crippen molar-refractivity contribution in [2.45, 2.75) is 13.0 Å². The van der Waals surface area contributed by atoms with Crippen molar-refractivity contribution in [3.8, 4) is 0 Å². The fraction of sp³-hybridized carbons (Fsp3) is 0.364. The Bertz CT molecular complexity index is 414. The number of aliphatic hydroxyl groups is 1. The number of carbonyl (C=O) groups is 1. The smallest absolute Gasteiger partial charge is 0.321 e. The van der Waals surface area contributed by atoms with Crippen molar-refractivity contribution in [1.29, 1.82) is 0 Å². The Balaban J connectivity index is 2.77. The molecule has 1 atom stereocenters. The van der Waals surface area contributed by atoms with Gasteiger partial charge in [0.15, 0.2) is 0 Å². The summed E-state index contributed by atoms with van der Waals surface area (Å²) in [6, 6.07) is 2.92. The Morgan fingerprint density at radius 1 is 1.65 bits per heavy atom. The Labute approximate surface area is 104 Å². The summed E-state index contributed by atoms with van der Waals surface area (Å²) in [6.45, 7) is 1.54. The zero-order valence-corrected chi connectivity index (χ0v) is 10.3. The van der Waals surface area contributed by atoms with Crippen LogP contribution in [0, 0.1) is 5.82 Å². The zero-order valence-electron chi connectivity index (χ0n) is 9.58. The van der Waals surface area contributed by atoms with E-state index in [1.165, 1.54) is 24.1 Å². The van der Waals surface area contributed by atoms with Crippen LogP contribution in [0.3, 0.4) is 0 Å². The first-order chi connectivity index (χ1) is 7.95. The molecule has 0 saturated heterocycles. The summed E-state index contributed by atoms with van der Waals surface area (Å²) < 4.78 is 13.0. The second kappa shape index (κ2) is 5.84. The zero-order chi connectivity index (χ0) is 13.0. The number of amides is 2. The van der Waals surface area contributed by atoms with Crippen molar-refractivity contribution >= 4 is 23.3 Å². The van der Waals surface area contributed by atoms with E-state index < -0.39 is 11.8 Å². The lowest BCUT2D eigenvalue weighted by atomic mass is 10.3. The van der Waals surface area contributed by atoms with Crippen LogP contribution in [0.5, 0.6) is 0 Å². The molecule has 1 rings (SSSR count). The number of nitrogens with zero attached hydrogens (tertiary/aromatic N) is 1. The summed E-state index contributed by atoms with van der Waals surface area (Å²) in [5, 5.41) is 11.6. The third-order valence-electron chi connectivity index (χ3n) is 2.42. The molecule has 0 aliphatic rings. The molecule has 6 heteroatoms. The van der Waals surface area contributed by atoms with Crippen LogP contribution in [0.15, 0.2) is 18.2 Å². The SMILES string of the molecule is CC(CO)N(C)C(=O)Nc1cc(F)ccc1Cl. The van der Waals surface area contributed by atoms with Crippen molar-refractivity contribution in [2.75, 3.05) is 19.0 Å². The maximum Gasteiger partial charge on any atom is 0.321 e. The third-order valence-corrected chi connectivity index (χ3v) is 2.75. The van der Waals surface area contributed by atoms with E-state index in [-0.39, 0.29) is 23.4 Å². The van der Waals surface area contributed by atoms with Gasteiger partial charge in [0.05, 0.1) is 23.4 Å². The monoisotopic (exact) mass is 260 g/mol. The molecule has 0 saturated carbocycles. The number of anilines is 1. The molecule has 17 heavy (non-hydrogen) atoms. The molecule has 2 amide bonds. The van der Waals surface area contributed by atoms with E-state index >= 15 is 0 Å². The van der Waals surface area contributed by atoms with Crippen molar-refractivity contribution in [3.05, 3.63) is 29.0 Å². The molecule has 0 aliphatic carbocycles. The molecule has 0 aromatic heterocycles. The van der Waals surface area contributed by atoms with Crippen molar-refractivity contribution in [3.63, 3.8) is 0 Å². The standard InChI is InChI=1S/C11H14ClFN2O2/c1-7(6-16)15(2)11(17)14-10-5-8(13)3-4-9(10)12/h3-5,7,16H,6H2,1-2H3,(H,14,17). The molecule has 0 bridgehead atoms. The van der Waals surface area contributed by atoms with E-state index in [1.54, 1.807) is 6.92 Å². The number of likely N-dealkylation sites (N-methyl/N-ethyl adjacent to an activating group) is 1. The highest BCUT2D eigenvalue weighted by molar-refractivity contribution is 6.33. The Morgan fingerprint density at radius 2 is 2.29 bits per heavy atom. The number of nitrogens with one attached hydrogen (secondary N) is 1. The van der Waals surface area contributed by atoms with Gasteiger partial charge in [-0.2, -0.15) is 0 Å². The highest BCUT2D eigenvalue weighted by Gasteiger charge is 2.16. The minimum atomic E-state index is -0.484. The minimum absolute atomic E-state index is 0.152. The Hall–Kier alpha value is -1.33. The fourth-order valence-electron chi connectivity index (χ4n) is 1.12. The first-order valence-corrected chi connectivity index (χ1v) is 5.43. The van der Waals surface area contributed by atoms with Gasteiger partial charge in [-0.1, -0.05) is 11.6 Å².